The van der Waals surface area contributed by atoms with E-state index < -0.39 is 11.2 Å². The second kappa shape index (κ2) is 10.4. The smallest absolute Gasteiger partial charge is 0.330 e. The minimum Gasteiger partial charge on any atom is -0.383 e. The molecule has 3 N–H and O–H groups in total. The van der Waals surface area contributed by atoms with Gasteiger partial charge < -0.3 is 15.5 Å². The van der Waals surface area contributed by atoms with Crippen molar-refractivity contribution in [3.63, 3.8) is 0 Å². The van der Waals surface area contributed by atoms with Gasteiger partial charge in [-0.05, 0) is 53.6 Å². The van der Waals surface area contributed by atoms with Crippen LogP contribution in [0, 0.1) is 11.8 Å². The summed E-state index contributed by atoms with van der Waals surface area (Å²) in [5, 5.41) is 0. The van der Waals surface area contributed by atoms with Gasteiger partial charge in [-0.2, -0.15) is 0 Å². The Morgan fingerprint density at radius 2 is 1.67 bits per heavy atom. The predicted molar refractivity (Wildman–Crippen MR) is 145 cm³/mol. The van der Waals surface area contributed by atoms with Crippen LogP contribution in [0.15, 0.2) is 58.1 Å². The van der Waals surface area contributed by atoms with Gasteiger partial charge in [0.15, 0.2) is 5.69 Å². The molecule has 3 aromatic rings. The fraction of sp³-hybridized carbons (Fsp3) is 0.393. The van der Waals surface area contributed by atoms with Gasteiger partial charge in [0.2, 0.25) is 0 Å². The highest BCUT2D eigenvalue weighted by molar-refractivity contribution is 6.07. The van der Waals surface area contributed by atoms with Gasteiger partial charge in [-0.3, -0.25) is 19.1 Å². The number of amides is 1. The molecule has 1 aromatic heterocycles. The Balaban J connectivity index is 1.65. The fourth-order valence-electron chi connectivity index (χ4n) is 4.71. The summed E-state index contributed by atoms with van der Waals surface area (Å²) in [5.74, 6) is -0.112. The number of H-pyrrole nitrogens is 1. The van der Waals surface area contributed by atoms with Crippen molar-refractivity contribution in [2.24, 2.45) is 11.8 Å². The van der Waals surface area contributed by atoms with Gasteiger partial charge in [-0.1, -0.05) is 52.0 Å². The number of hydrogen-bond donors (Lipinski definition) is 2. The SMILES string of the molecule is CC(C)CN(C(=O)c1ccc(N2CCc3ccccc3C2)cc1)c1c(N)n(CC(C)C)c(=O)[nH]c1=O. The van der Waals surface area contributed by atoms with E-state index in [1.54, 1.807) is 12.1 Å². The minimum absolute atomic E-state index is 0.00931. The van der Waals surface area contributed by atoms with Gasteiger partial charge in [0.1, 0.15) is 5.82 Å². The van der Waals surface area contributed by atoms with Crippen molar-refractivity contribution in [3.05, 3.63) is 86.1 Å². The maximum absolute atomic E-state index is 13.7. The van der Waals surface area contributed by atoms with Crippen LogP contribution in [0.4, 0.5) is 17.2 Å². The molecule has 0 aliphatic carbocycles. The summed E-state index contributed by atoms with van der Waals surface area (Å²) in [6.45, 7) is 10.2. The van der Waals surface area contributed by atoms with E-state index in [2.05, 4.69) is 34.1 Å². The summed E-state index contributed by atoms with van der Waals surface area (Å²) >= 11 is 0. The highest BCUT2D eigenvalue weighted by atomic mass is 16.2. The molecule has 0 saturated heterocycles. The van der Waals surface area contributed by atoms with Crippen LogP contribution in [0.5, 0.6) is 0 Å². The number of nitrogen functional groups attached to an aromatic ring is 1. The van der Waals surface area contributed by atoms with Crippen molar-refractivity contribution >= 4 is 23.1 Å². The molecule has 0 spiro atoms. The molecule has 1 amide bonds. The number of rotatable bonds is 7. The molecule has 0 bridgehead atoms. The Labute approximate surface area is 211 Å². The van der Waals surface area contributed by atoms with Crippen LogP contribution in [-0.4, -0.2) is 28.5 Å². The van der Waals surface area contributed by atoms with Crippen molar-refractivity contribution in [3.8, 4) is 0 Å². The molecule has 1 aliphatic rings. The Morgan fingerprint density at radius 1 is 1.00 bits per heavy atom. The van der Waals surface area contributed by atoms with E-state index in [0.29, 0.717) is 12.1 Å². The molecule has 8 heteroatoms. The maximum Gasteiger partial charge on any atom is 0.330 e. The average molecular weight is 490 g/mol. The zero-order valence-corrected chi connectivity index (χ0v) is 21.5. The lowest BCUT2D eigenvalue weighted by Gasteiger charge is -2.31. The molecule has 2 aromatic carbocycles. The van der Waals surface area contributed by atoms with Crippen LogP contribution in [-0.2, 0) is 19.5 Å². The molecule has 190 valence electrons. The predicted octanol–water partition coefficient (Wildman–Crippen LogP) is 3.64. The number of nitrogens with two attached hydrogens (primary N) is 1. The van der Waals surface area contributed by atoms with Crippen molar-refractivity contribution in [2.45, 2.75) is 47.2 Å². The lowest BCUT2D eigenvalue weighted by Crippen LogP contribution is -2.43. The zero-order chi connectivity index (χ0) is 26.0. The number of hydrogen-bond acceptors (Lipinski definition) is 5. The quantitative estimate of drug-likeness (QED) is 0.527. The number of aromatic amines is 1. The summed E-state index contributed by atoms with van der Waals surface area (Å²) in [7, 11) is 0. The Morgan fingerprint density at radius 3 is 2.31 bits per heavy atom. The van der Waals surface area contributed by atoms with E-state index in [-0.39, 0.29) is 35.8 Å². The molecule has 0 unspecified atom stereocenters. The van der Waals surface area contributed by atoms with Gasteiger partial charge in [-0.15, -0.1) is 0 Å². The number of carbonyl (C=O) groups excluding carboxylic acids is 1. The molecular weight excluding hydrogens is 454 g/mol. The van der Waals surface area contributed by atoms with Gasteiger partial charge in [0.05, 0.1) is 0 Å². The van der Waals surface area contributed by atoms with Crippen LogP contribution in [0.25, 0.3) is 0 Å². The molecule has 2 heterocycles. The molecule has 36 heavy (non-hydrogen) atoms. The largest absolute Gasteiger partial charge is 0.383 e. The normalized spacial score (nSPS) is 13.2. The second-order valence-corrected chi connectivity index (χ2v) is 10.3. The maximum atomic E-state index is 13.7. The third-order valence-electron chi connectivity index (χ3n) is 6.43. The van der Waals surface area contributed by atoms with Crippen molar-refractivity contribution < 1.29 is 4.79 Å². The van der Waals surface area contributed by atoms with Crippen molar-refractivity contribution in [1.82, 2.24) is 9.55 Å². The molecule has 0 saturated carbocycles. The summed E-state index contributed by atoms with van der Waals surface area (Å²) in [6, 6.07) is 15.9. The van der Waals surface area contributed by atoms with Crippen molar-refractivity contribution in [1.29, 1.82) is 0 Å². The van der Waals surface area contributed by atoms with Gasteiger partial charge in [-0.25, -0.2) is 4.79 Å². The van der Waals surface area contributed by atoms with Crippen LogP contribution >= 0.6 is 0 Å². The molecule has 0 radical (unpaired) electrons. The summed E-state index contributed by atoms with van der Waals surface area (Å²) in [4.78, 5) is 45.0. The van der Waals surface area contributed by atoms with Crippen LogP contribution in [0.3, 0.4) is 0 Å². The van der Waals surface area contributed by atoms with E-state index in [0.717, 1.165) is 25.2 Å². The van der Waals surface area contributed by atoms with Crippen LogP contribution in [0.1, 0.15) is 49.2 Å². The van der Waals surface area contributed by atoms with E-state index in [1.165, 1.54) is 20.6 Å². The number of nitrogens with one attached hydrogen (secondary N) is 1. The van der Waals surface area contributed by atoms with Gasteiger partial charge >= 0.3 is 5.69 Å². The molecular formula is C28H35N5O3. The summed E-state index contributed by atoms with van der Waals surface area (Å²) in [5.41, 5.74) is 9.32. The summed E-state index contributed by atoms with van der Waals surface area (Å²) < 4.78 is 1.33. The number of carbonyl (C=O) groups is 1. The lowest BCUT2D eigenvalue weighted by molar-refractivity contribution is 0.0983. The number of aromatic nitrogens is 2. The van der Waals surface area contributed by atoms with Gasteiger partial charge in [0, 0.05) is 37.4 Å². The number of anilines is 3. The number of benzene rings is 2. The first-order chi connectivity index (χ1) is 17.2. The Hall–Kier alpha value is -3.81. The molecule has 8 nitrogen and oxygen atoms in total. The van der Waals surface area contributed by atoms with E-state index in [1.807, 2.05) is 39.8 Å². The molecule has 0 fully saturated rings. The fourth-order valence-corrected chi connectivity index (χ4v) is 4.71. The third kappa shape index (κ3) is 5.22. The average Bonchev–Trinajstić information content (AvgIpc) is 2.85. The van der Waals surface area contributed by atoms with Crippen molar-refractivity contribution in [2.75, 3.05) is 28.6 Å². The minimum atomic E-state index is -0.657. The monoisotopic (exact) mass is 489 g/mol. The van der Waals surface area contributed by atoms with Gasteiger partial charge in [0.25, 0.3) is 11.5 Å². The van der Waals surface area contributed by atoms with E-state index in [9.17, 15) is 14.4 Å². The Kier molecular flexibility index (Phi) is 7.33. The first-order valence-corrected chi connectivity index (χ1v) is 12.5. The third-order valence-corrected chi connectivity index (χ3v) is 6.43. The number of nitrogens with zero attached hydrogens (tertiary/aromatic N) is 3. The molecule has 4 rings (SSSR count). The van der Waals surface area contributed by atoms with Crippen LogP contribution in [0.2, 0.25) is 0 Å². The zero-order valence-electron chi connectivity index (χ0n) is 21.5. The number of fused-ring (bicyclic) bond motifs is 1. The summed E-state index contributed by atoms with van der Waals surface area (Å²) in [6.07, 6.45) is 0.979. The van der Waals surface area contributed by atoms with E-state index >= 15 is 0 Å². The standard InChI is InChI=1S/C28H35N5O3/c1-18(2)15-32(24-25(29)33(16-19(3)4)28(36)30-26(24)34)27(35)21-9-11-23(12-10-21)31-14-13-20-7-5-6-8-22(20)17-31/h5-12,18-19H,13-17,29H2,1-4H3,(H,30,34,36). The Bertz CT molecular complexity index is 1350. The first kappa shape index (κ1) is 25.3. The van der Waals surface area contributed by atoms with E-state index in [4.69, 9.17) is 5.73 Å². The lowest BCUT2D eigenvalue weighted by atomic mass is 9.99. The highest BCUT2D eigenvalue weighted by Crippen LogP contribution is 2.26. The topological polar surface area (TPSA) is 104 Å². The van der Waals surface area contributed by atoms with Crippen LogP contribution < -0.4 is 26.8 Å². The molecule has 0 atom stereocenters. The second-order valence-electron chi connectivity index (χ2n) is 10.3. The first-order valence-electron chi connectivity index (χ1n) is 12.5. The highest BCUT2D eigenvalue weighted by Gasteiger charge is 2.26. The molecule has 1 aliphatic heterocycles.